The largest absolute Gasteiger partial charge is 0.448 e. The quantitative estimate of drug-likeness (QED) is 0.0705. The van der Waals surface area contributed by atoms with Crippen molar-refractivity contribution in [2.45, 2.75) is 31.0 Å². The molecule has 0 radical (unpaired) electrons. The number of thioether (sulfide) groups is 1. The predicted molar refractivity (Wildman–Crippen MR) is 176 cm³/mol. The Morgan fingerprint density at radius 2 is 1.79 bits per heavy atom. The second-order valence-electron chi connectivity index (χ2n) is 10.5. The van der Waals surface area contributed by atoms with Gasteiger partial charge in [-0.3, -0.25) is 14.5 Å². The van der Waals surface area contributed by atoms with Crippen LogP contribution in [0.2, 0.25) is 0 Å². The summed E-state index contributed by atoms with van der Waals surface area (Å²) in [6.07, 6.45) is 2.86. The van der Waals surface area contributed by atoms with Crippen LogP contribution in [0.3, 0.4) is 0 Å². The zero-order valence-electron chi connectivity index (χ0n) is 25.2. The number of amides is 2. The molecule has 0 aliphatic carbocycles. The maximum absolute atomic E-state index is 14.2. The molecule has 4 heterocycles. The smallest absolute Gasteiger partial charge is 0.356 e. The molecule has 4 aromatic rings. The zero-order chi connectivity index (χ0) is 32.9. The summed E-state index contributed by atoms with van der Waals surface area (Å²) in [5, 5.41) is 6.16. The first-order valence-corrected chi connectivity index (χ1v) is 16.5. The number of oxime groups is 1. The van der Waals surface area contributed by atoms with Crippen LogP contribution in [0.4, 0.5) is 10.8 Å². The van der Waals surface area contributed by atoms with Gasteiger partial charge < -0.3 is 26.4 Å². The highest BCUT2D eigenvalue weighted by atomic mass is 32.2. The molecule has 15 heteroatoms. The fourth-order valence-electron chi connectivity index (χ4n) is 5.26. The van der Waals surface area contributed by atoms with Crippen LogP contribution in [0.25, 0.3) is 0 Å². The first-order chi connectivity index (χ1) is 22.8. The van der Waals surface area contributed by atoms with Crippen LogP contribution in [0.1, 0.15) is 30.0 Å². The number of nitrogens with two attached hydrogens (primary N) is 2. The van der Waals surface area contributed by atoms with E-state index in [1.165, 1.54) is 16.7 Å². The number of nitrogens with one attached hydrogen (secondary N) is 1. The van der Waals surface area contributed by atoms with E-state index in [0.717, 1.165) is 22.7 Å². The van der Waals surface area contributed by atoms with Crippen LogP contribution in [0, 0.1) is 0 Å². The lowest BCUT2D eigenvalue weighted by atomic mass is 10.0. The van der Waals surface area contributed by atoms with Gasteiger partial charge in [-0.25, -0.2) is 4.79 Å². The van der Waals surface area contributed by atoms with E-state index in [2.05, 4.69) is 19.8 Å². The van der Waals surface area contributed by atoms with Gasteiger partial charge in [-0.05, 0) is 24.1 Å². The second-order valence-corrected chi connectivity index (χ2v) is 12.4. The lowest BCUT2D eigenvalue weighted by Gasteiger charge is -2.49. The summed E-state index contributed by atoms with van der Waals surface area (Å²) in [5.41, 5.74) is 14.4. The highest BCUT2D eigenvalue weighted by Crippen LogP contribution is 2.41. The van der Waals surface area contributed by atoms with Crippen molar-refractivity contribution in [1.82, 2.24) is 19.6 Å². The van der Waals surface area contributed by atoms with E-state index in [1.54, 1.807) is 25.3 Å². The number of carbonyl (C=O) groups excluding carboxylic acids is 3. The van der Waals surface area contributed by atoms with Crippen molar-refractivity contribution in [3.63, 3.8) is 0 Å². The molecule has 1 saturated heterocycles. The topological polar surface area (TPSA) is 179 Å². The molecule has 1 unspecified atom stereocenters. The number of β-lactam (4-membered cyclic amide) rings is 1. The molecule has 240 valence electrons. The third-order valence-electron chi connectivity index (χ3n) is 7.36. The number of nitrogen functional groups attached to an aromatic ring is 2. The Labute approximate surface area is 278 Å². The van der Waals surface area contributed by atoms with Gasteiger partial charge in [-0.2, -0.15) is 13.9 Å². The molecule has 2 atom stereocenters. The van der Waals surface area contributed by atoms with Crippen molar-refractivity contribution in [3.05, 3.63) is 113 Å². The van der Waals surface area contributed by atoms with E-state index in [4.69, 9.17) is 21.0 Å². The number of hydrogen-bond acceptors (Lipinski definition) is 12. The van der Waals surface area contributed by atoms with Crippen LogP contribution in [-0.2, 0) is 30.5 Å². The Hall–Kier alpha value is -5.28. The number of carbonyl (C=O) groups is 3. The van der Waals surface area contributed by atoms with Crippen LogP contribution in [0.15, 0.2) is 102 Å². The van der Waals surface area contributed by atoms with E-state index >= 15 is 0 Å². The number of aromatic nitrogens is 3. The minimum atomic E-state index is -0.960. The van der Waals surface area contributed by atoms with Gasteiger partial charge in [-0.15, -0.1) is 11.8 Å². The summed E-state index contributed by atoms with van der Waals surface area (Å²) in [5.74, 6) is -1.48. The van der Waals surface area contributed by atoms with E-state index in [-0.39, 0.29) is 29.0 Å². The standard InChI is InChI=1S/C32H30N8O5S2/c1-2-44-37-23(27-36-32(34)47-38-27)28(41)35-24-29(42)40-25(21(18-46-30(24)40)16-39-15-9-14-22(33)17-39)31(43)45-26(19-10-5-3-6-11-19)20-12-7-4-8-13-20/h3-15,17,24,26,30H,2,16,18,33H2,1H3,(H2-,34,35,36,38,41)/p+1/t24?,30-/m1/s1. The van der Waals surface area contributed by atoms with Gasteiger partial charge in [0.15, 0.2) is 30.2 Å². The second kappa shape index (κ2) is 14.0. The average molecular weight is 672 g/mol. The Balaban J connectivity index is 1.31. The third-order valence-corrected chi connectivity index (χ3v) is 9.25. The van der Waals surface area contributed by atoms with Crippen LogP contribution in [-0.4, -0.2) is 61.5 Å². The van der Waals surface area contributed by atoms with Crippen molar-refractivity contribution < 1.29 is 28.5 Å². The summed E-state index contributed by atoms with van der Waals surface area (Å²) < 4.78 is 12.1. The molecule has 47 heavy (non-hydrogen) atoms. The van der Waals surface area contributed by atoms with Crippen LogP contribution >= 0.6 is 23.3 Å². The van der Waals surface area contributed by atoms with Gasteiger partial charge in [0.1, 0.15) is 23.7 Å². The van der Waals surface area contributed by atoms with Gasteiger partial charge in [0.25, 0.3) is 11.8 Å². The number of ether oxygens (including phenoxy) is 1. The molecule has 2 amide bonds. The first-order valence-electron chi connectivity index (χ1n) is 14.7. The van der Waals surface area contributed by atoms with Gasteiger partial charge in [0.05, 0.1) is 5.69 Å². The number of benzene rings is 2. The Kier molecular flexibility index (Phi) is 9.45. The molecule has 2 aromatic carbocycles. The molecule has 0 saturated carbocycles. The number of nitrogens with zero attached hydrogens (tertiary/aromatic N) is 5. The summed E-state index contributed by atoms with van der Waals surface area (Å²) in [6, 6.07) is 21.4. The van der Waals surface area contributed by atoms with Crippen molar-refractivity contribution in [3.8, 4) is 0 Å². The average Bonchev–Trinajstić information content (AvgIpc) is 3.52. The lowest BCUT2D eigenvalue weighted by Crippen LogP contribution is -2.71. The Bertz CT molecular complexity index is 1810. The number of esters is 1. The molecule has 2 aromatic heterocycles. The highest BCUT2D eigenvalue weighted by Gasteiger charge is 2.55. The van der Waals surface area contributed by atoms with Gasteiger partial charge >= 0.3 is 5.97 Å². The molecule has 1 fully saturated rings. The van der Waals surface area contributed by atoms with Crippen molar-refractivity contribution in [2.24, 2.45) is 5.16 Å². The molecule has 6 rings (SSSR count). The SMILES string of the molecule is CCON=C(C(=O)NC1C(=O)N2C(C(=O)OC(c3ccccc3)c3ccccc3)=C(C[n+]3cccc(N)c3)CS[C@H]12)c1nsc(N)n1. The van der Waals surface area contributed by atoms with Crippen molar-refractivity contribution in [2.75, 3.05) is 23.8 Å². The summed E-state index contributed by atoms with van der Waals surface area (Å²) >= 11 is 2.32. The van der Waals surface area contributed by atoms with Gasteiger partial charge in [-0.1, -0.05) is 65.8 Å². The molecule has 2 aliphatic rings. The number of fused-ring (bicyclic) bond motifs is 1. The maximum Gasteiger partial charge on any atom is 0.356 e. The summed E-state index contributed by atoms with van der Waals surface area (Å²) in [4.78, 5) is 52.0. The fraction of sp³-hybridized carbons (Fsp3) is 0.219. The maximum atomic E-state index is 14.2. The minimum Gasteiger partial charge on any atom is -0.448 e. The number of rotatable bonds is 11. The first kappa shape index (κ1) is 31.7. The fourth-order valence-corrected chi connectivity index (χ4v) is 7.03. The Morgan fingerprint density at radius 3 is 2.40 bits per heavy atom. The van der Waals surface area contributed by atoms with Crippen molar-refractivity contribution in [1.29, 1.82) is 0 Å². The molecular weight excluding hydrogens is 641 g/mol. The number of hydrogen-bond donors (Lipinski definition) is 3. The molecular formula is C32H31N8O5S2+. The molecule has 0 bridgehead atoms. The zero-order valence-corrected chi connectivity index (χ0v) is 26.8. The highest BCUT2D eigenvalue weighted by molar-refractivity contribution is 8.00. The molecule has 2 aliphatic heterocycles. The van der Waals surface area contributed by atoms with Crippen LogP contribution in [0.5, 0.6) is 0 Å². The predicted octanol–water partition coefficient (Wildman–Crippen LogP) is 2.42. The summed E-state index contributed by atoms with van der Waals surface area (Å²) in [6.45, 7) is 2.20. The normalized spacial score (nSPS) is 17.6. The van der Waals surface area contributed by atoms with E-state index < -0.39 is 35.3 Å². The van der Waals surface area contributed by atoms with Gasteiger partial charge in [0, 0.05) is 28.9 Å². The van der Waals surface area contributed by atoms with E-state index in [9.17, 15) is 14.4 Å². The number of anilines is 2. The molecule has 13 nitrogen and oxygen atoms in total. The third kappa shape index (κ3) is 6.80. The van der Waals surface area contributed by atoms with Gasteiger partial charge in [0.2, 0.25) is 11.5 Å². The van der Waals surface area contributed by atoms with E-state index in [1.807, 2.05) is 71.4 Å². The minimum absolute atomic E-state index is 0.0168. The lowest BCUT2D eigenvalue weighted by molar-refractivity contribution is -0.688. The van der Waals surface area contributed by atoms with Crippen LogP contribution < -0.4 is 21.4 Å². The number of pyridine rings is 1. The molecule has 0 spiro atoms. The molecule has 5 N–H and O–H groups in total. The van der Waals surface area contributed by atoms with E-state index in [0.29, 0.717) is 23.6 Å². The van der Waals surface area contributed by atoms with Crippen molar-refractivity contribution >= 4 is 57.6 Å². The monoisotopic (exact) mass is 671 g/mol. The summed E-state index contributed by atoms with van der Waals surface area (Å²) in [7, 11) is 0. The Morgan fingerprint density at radius 1 is 1.09 bits per heavy atom.